The molecule has 6 heteroatoms. The molecule has 0 aliphatic heterocycles. The number of aliphatic hydroxyl groups excluding tert-OH is 1. The van der Waals surface area contributed by atoms with Gasteiger partial charge < -0.3 is 15.5 Å². The second-order valence-corrected chi connectivity index (χ2v) is 5.07. The van der Waals surface area contributed by atoms with E-state index in [9.17, 15) is 19.1 Å². The zero-order valence-electron chi connectivity index (χ0n) is 12.1. The highest BCUT2D eigenvalue weighted by Gasteiger charge is 2.21. The van der Waals surface area contributed by atoms with Crippen molar-refractivity contribution >= 4 is 11.8 Å². The molecule has 5 nitrogen and oxygen atoms in total. The number of nitrogens with one attached hydrogen (secondary N) is 1. The Bertz CT molecular complexity index is 516. The maximum atomic E-state index is 13.2. The molecule has 3 N–H and O–H groups in total. The summed E-state index contributed by atoms with van der Waals surface area (Å²) in [5.41, 5.74) is 0.677. The minimum Gasteiger partial charge on any atom is -0.481 e. The minimum absolute atomic E-state index is 0.108. The molecular weight excluding hydrogens is 277 g/mol. The quantitative estimate of drug-likeness (QED) is 0.633. The van der Waals surface area contributed by atoms with Gasteiger partial charge in [-0.2, -0.15) is 0 Å². The number of halogens is 1. The zero-order valence-corrected chi connectivity index (χ0v) is 12.1. The van der Waals surface area contributed by atoms with Crippen LogP contribution in [0.2, 0.25) is 0 Å². The van der Waals surface area contributed by atoms with Crippen molar-refractivity contribution in [3.8, 4) is 0 Å². The molecular formula is C15H20FNO4. The standard InChI is InChI=1S/C15H20FNO4/c1-9-7-11(3-4-12(9)16)15(21)13(5-6-14(19)20)17-8-10(2)18/h3-4,7,10,13,17-18H,5-6,8H2,1-2H3,(H,19,20). The first-order chi connectivity index (χ1) is 9.81. The number of carboxylic acids is 1. The Hall–Kier alpha value is -1.79. The molecule has 0 amide bonds. The van der Waals surface area contributed by atoms with E-state index in [1.165, 1.54) is 18.2 Å². The monoisotopic (exact) mass is 297 g/mol. The molecule has 1 aromatic rings. The van der Waals surface area contributed by atoms with Crippen LogP contribution in [0.3, 0.4) is 0 Å². The smallest absolute Gasteiger partial charge is 0.303 e. The number of carboxylic acid groups (broad SMARTS) is 1. The van der Waals surface area contributed by atoms with Crippen molar-refractivity contribution in [1.82, 2.24) is 5.32 Å². The number of hydrogen-bond donors (Lipinski definition) is 3. The number of carbonyl (C=O) groups is 2. The molecule has 0 radical (unpaired) electrons. The van der Waals surface area contributed by atoms with Crippen molar-refractivity contribution in [1.29, 1.82) is 0 Å². The maximum Gasteiger partial charge on any atom is 0.303 e. The number of carbonyl (C=O) groups excluding carboxylic acids is 1. The second kappa shape index (κ2) is 7.85. The van der Waals surface area contributed by atoms with Gasteiger partial charge in [0.05, 0.1) is 12.1 Å². The number of Topliss-reactive ketones (excluding diaryl/α,β-unsaturated/α-hetero) is 1. The normalized spacial score (nSPS) is 13.7. The van der Waals surface area contributed by atoms with Crippen LogP contribution in [-0.4, -0.2) is 40.7 Å². The number of rotatable bonds is 8. The van der Waals surface area contributed by atoms with E-state index in [-0.39, 0.29) is 25.2 Å². The summed E-state index contributed by atoms with van der Waals surface area (Å²) in [6.07, 6.45) is -0.708. The van der Waals surface area contributed by atoms with Crippen LogP contribution in [0.4, 0.5) is 4.39 Å². The second-order valence-electron chi connectivity index (χ2n) is 5.07. The topological polar surface area (TPSA) is 86.6 Å². The molecule has 0 spiro atoms. The van der Waals surface area contributed by atoms with E-state index in [0.29, 0.717) is 11.1 Å². The molecule has 0 saturated carbocycles. The highest BCUT2D eigenvalue weighted by molar-refractivity contribution is 6.00. The van der Waals surface area contributed by atoms with E-state index in [2.05, 4.69) is 5.32 Å². The van der Waals surface area contributed by atoms with Gasteiger partial charge in [0.1, 0.15) is 5.82 Å². The van der Waals surface area contributed by atoms with E-state index in [1.54, 1.807) is 13.8 Å². The lowest BCUT2D eigenvalue weighted by Gasteiger charge is -2.18. The summed E-state index contributed by atoms with van der Waals surface area (Å²) in [6.45, 7) is 3.30. The van der Waals surface area contributed by atoms with Crippen molar-refractivity contribution in [2.75, 3.05) is 6.54 Å². The molecule has 21 heavy (non-hydrogen) atoms. The predicted molar refractivity (Wildman–Crippen MR) is 75.8 cm³/mol. The zero-order chi connectivity index (χ0) is 16.0. The van der Waals surface area contributed by atoms with Gasteiger partial charge in [0.15, 0.2) is 5.78 Å². The first-order valence-electron chi connectivity index (χ1n) is 6.75. The molecule has 0 aliphatic carbocycles. The Morgan fingerprint density at radius 2 is 2.05 bits per heavy atom. The lowest BCUT2D eigenvalue weighted by atomic mass is 9.98. The van der Waals surface area contributed by atoms with Gasteiger partial charge in [-0.05, 0) is 44.0 Å². The lowest BCUT2D eigenvalue weighted by molar-refractivity contribution is -0.137. The van der Waals surface area contributed by atoms with Gasteiger partial charge in [-0.1, -0.05) is 0 Å². The third-order valence-corrected chi connectivity index (χ3v) is 3.07. The van der Waals surface area contributed by atoms with Crippen molar-refractivity contribution in [2.45, 2.75) is 38.8 Å². The number of aliphatic hydroxyl groups is 1. The molecule has 2 unspecified atom stereocenters. The maximum absolute atomic E-state index is 13.2. The van der Waals surface area contributed by atoms with Gasteiger partial charge >= 0.3 is 5.97 Å². The van der Waals surface area contributed by atoms with E-state index < -0.39 is 23.9 Å². The average Bonchev–Trinajstić information content (AvgIpc) is 2.40. The Labute approximate surface area is 122 Å². The van der Waals surface area contributed by atoms with Crippen LogP contribution in [0.1, 0.15) is 35.7 Å². The van der Waals surface area contributed by atoms with E-state index in [4.69, 9.17) is 5.11 Å². The van der Waals surface area contributed by atoms with Gasteiger partial charge in [0.2, 0.25) is 0 Å². The van der Waals surface area contributed by atoms with Crippen LogP contribution in [0.5, 0.6) is 0 Å². The number of benzene rings is 1. The predicted octanol–water partition coefficient (Wildman–Crippen LogP) is 1.52. The van der Waals surface area contributed by atoms with E-state index >= 15 is 0 Å². The summed E-state index contributed by atoms with van der Waals surface area (Å²) in [4.78, 5) is 23.0. The third kappa shape index (κ3) is 5.61. The van der Waals surface area contributed by atoms with Crippen LogP contribution in [-0.2, 0) is 4.79 Å². The Balaban J connectivity index is 2.86. The van der Waals surface area contributed by atoms with Gasteiger partial charge in [-0.25, -0.2) is 4.39 Å². The van der Waals surface area contributed by atoms with Crippen molar-refractivity contribution in [3.63, 3.8) is 0 Å². The molecule has 0 saturated heterocycles. The highest BCUT2D eigenvalue weighted by Crippen LogP contribution is 2.13. The van der Waals surface area contributed by atoms with Crippen LogP contribution in [0.15, 0.2) is 18.2 Å². The van der Waals surface area contributed by atoms with Gasteiger partial charge in [0.25, 0.3) is 0 Å². The van der Waals surface area contributed by atoms with Crippen LogP contribution in [0, 0.1) is 12.7 Å². The molecule has 1 rings (SSSR count). The lowest BCUT2D eigenvalue weighted by Crippen LogP contribution is -2.40. The fourth-order valence-corrected chi connectivity index (χ4v) is 1.91. The largest absolute Gasteiger partial charge is 0.481 e. The molecule has 0 heterocycles. The van der Waals surface area contributed by atoms with E-state index in [1.807, 2.05) is 0 Å². The van der Waals surface area contributed by atoms with Crippen molar-refractivity contribution < 1.29 is 24.2 Å². The first kappa shape index (κ1) is 17.3. The fraction of sp³-hybridized carbons (Fsp3) is 0.467. The Morgan fingerprint density at radius 1 is 1.38 bits per heavy atom. The van der Waals surface area contributed by atoms with Crippen LogP contribution in [0.25, 0.3) is 0 Å². The molecule has 0 aromatic heterocycles. The fourth-order valence-electron chi connectivity index (χ4n) is 1.91. The molecule has 2 atom stereocenters. The summed E-state index contributed by atoms with van der Waals surface area (Å²) in [6, 6.07) is 3.31. The molecule has 0 aliphatic rings. The molecule has 116 valence electrons. The number of ketones is 1. The Morgan fingerprint density at radius 3 is 2.57 bits per heavy atom. The molecule has 0 fully saturated rings. The van der Waals surface area contributed by atoms with Crippen LogP contribution < -0.4 is 5.32 Å². The van der Waals surface area contributed by atoms with Crippen molar-refractivity contribution in [3.05, 3.63) is 35.1 Å². The average molecular weight is 297 g/mol. The summed E-state index contributed by atoms with van der Waals surface area (Å²) in [5.74, 6) is -1.70. The van der Waals surface area contributed by atoms with Gasteiger partial charge in [0, 0.05) is 18.5 Å². The number of hydrogen-bond acceptors (Lipinski definition) is 4. The Kier molecular flexibility index (Phi) is 6.45. The molecule has 0 bridgehead atoms. The summed E-state index contributed by atoms with van der Waals surface area (Å²) in [5, 5.41) is 20.9. The highest BCUT2D eigenvalue weighted by atomic mass is 19.1. The number of aryl methyl sites for hydroxylation is 1. The summed E-state index contributed by atoms with van der Waals surface area (Å²) in [7, 11) is 0. The molecule has 1 aromatic carbocycles. The summed E-state index contributed by atoms with van der Waals surface area (Å²) >= 11 is 0. The van der Waals surface area contributed by atoms with Crippen molar-refractivity contribution in [2.24, 2.45) is 0 Å². The number of aliphatic carboxylic acids is 1. The van der Waals surface area contributed by atoms with Crippen LogP contribution >= 0.6 is 0 Å². The summed E-state index contributed by atoms with van der Waals surface area (Å²) < 4.78 is 13.2. The van der Waals surface area contributed by atoms with Gasteiger partial charge in [-0.3, -0.25) is 9.59 Å². The minimum atomic E-state index is -0.998. The van der Waals surface area contributed by atoms with E-state index in [0.717, 1.165) is 0 Å². The first-order valence-corrected chi connectivity index (χ1v) is 6.75. The SMILES string of the molecule is Cc1cc(C(=O)C(CCC(=O)O)NCC(C)O)ccc1F. The van der Waals surface area contributed by atoms with Gasteiger partial charge in [-0.15, -0.1) is 0 Å². The third-order valence-electron chi connectivity index (χ3n) is 3.07.